The van der Waals surface area contributed by atoms with E-state index in [0.29, 0.717) is 6.04 Å². The maximum atomic E-state index is 7.68. The van der Waals surface area contributed by atoms with Crippen LogP contribution in [0.4, 0.5) is 5.69 Å². The Morgan fingerprint density at radius 1 is 1.59 bits per heavy atom. The number of nitrogens with zero attached hydrogens (tertiary/aromatic N) is 1. The predicted octanol–water partition coefficient (Wildman–Crippen LogP) is 2.67. The van der Waals surface area contributed by atoms with Gasteiger partial charge in [-0.3, -0.25) is 5.41 Å². The molecular weight excluding hydrogens is 298 g/mol. The number of amidine groups is 1. The van der Waals surface area contributed by atoms with Crippen LogP contribution in [0.3, 0.4) is 0 Å². The Morgan fingerprint density at radius 2 is 2.35 bits per heavy atom. The second kappa shape index (κ2) is 5.31. The number of nitrogen functional groups attached to an aromatic ring is 1. The van der Waals surface area contributed by atoms with Gasteiger partial charge < -0.3 is 10.6 Å². The van der Waals surface area contributed by atoms with Crippen LogP contribution < -0.4 is 10.6 Å². The van der Waals surface area contributed by atoms with Crippen LogP contribution in [0.15, 0.2) is 22.7 Å². The van der Waals surface area contributed by atoms with E-state index in [0.717, 1.165) is 33.8 Å². The number of anilines is 1. The van der Waals surface area contributed by atoms with Crippen molar-refractivity contribution in [2.24, 2.45) is 5.73 Å². The molecular formula is C12H16BrN3S. The van der Waals surface area contributed by atoms with Crippen molar-refractivity contribution in [3.8, 4) is 0 Å². The maximum absolute atomic E-state index is 7.68. The predicted molar refractivity (Wildman–Crippen MR) is 79.3 cm³/mol. The van der Waals surface area contributed by atoms with Crippen molar-refractivity contribution in [1.29, 1.82) is 5.41 Å². The number of halogens is 1. The van der Waals surface area contributed by atoms with Crippen LogP contribution in [0.2, 0.25) is 0 Å². The summed E-state index contributed by atoms with van der Waals surface area (Å²) in [5.74, 6) is 2.40. The van der Waals surface area contributed by atoms with Crippen LogP contribution in [0.5, 0.6) is 0 Å². The van der Waals surface area contributed by atoms with E-state index in [1.165, 1.54) is 0 Å². The molecule has 2 rings (SSSR count). The SMILES string of the molecule is CC1CSCCN1c1ccc(Br)cc1C(=N)N. The van der Waals surface area contributed by atoms with E-state index in [4.69, 9.17) is 11.1 Å². The van der Waals surface area contributed by atoms with Crippen molar-refractivity contribution in [3.05, 3.63) is 28.2 Å². The molecule has 1 heterocycles. The molecule has 1 saturated heterocycles. The third kappa shape index (κ3) is 2.77. The molecule has 1 unspecified atom stereocenters. The van der Waals surface area contributed by atoms with Gasteiger partial charge >= 0.3 is 0 Å². The maximum Gasteiger partial charge on any atom is 0.124 e. The molecule has 0 radical (unpaired) electrons. The van der Waals surface area contributed by atoms with E-state index in [-0.39, 0.29) is 5.84 Å². The van der Waals surface area contributed by atoms with Gasteiger partial charge in [0.05, 0.1) is 0 Å². The highest BCUT2D eigenvalue weighted by atomic mass is 79.9. The molecule has 1 fully saturated rings. The number of hydrogen-bond acceptors (Lipinski definition) is 3. The first-order chi connectivity index (χ1) is 8.09. The van der Waals surface area contributed by atoms with Crippen molar-refractivity contribution < 1.29 is 0 Å². The number of rotatable bonds is 2. The van der Waals surface area contributed by atoms with Crippen LogP contribution in [-0.2, 0) is 0 Å². The van der Waals surface area contributed by atoms with Gasteiger partial charge in [0.2, 0.25) is 0 Å². The molecule has 0 spiro atoms. The van der Waals surface area contributed by atoms with Gasteiger partial charge in [0.25, 0.3) is 0 Å². The van der Waals surface area contributed by atoms with Crippen molar-refractivity contribution in [1.82, 2.24) is 0 Å². The third-order valence-electron chi connectivity index (χ3n) is 2.93. The standard InChI is InChI=1S/C12H16BrN3S/c1-8-7-17-5-4-16(8)11-3-2-9(13)6-10(11)12(14)15/h2-3,6,8H,4-5,7H2,1H3,(H3,14,15). The Kier molecular flexibility index (Phi) is 3.99. The second-order valence-corrected chi connectivity index (χ2v) is 6.26. The third-order valence-corrected chi connectivity index (χ3v) is 4.61. The van der Waals surface area contributed by atoms with Crippen LogP contribution in [0.1, 0.15) is 12.5 Å². The number of benzene rings is 1. The van der Waals surface area contributed by atoms with Gasteiger partial charge in [-0.25, -0.2) is 0 Å². The van der Waals surface area contributed by atoms with Crippen LogP contribution in [0, 0.1) is 5.41 Å². The first-order valence-electron chi connectivity index (χ1n) is 5.58. The summed E-state index contributed by atoms with van der Waals surface area (Å²) in [5.41, 5.74) is 7.56. The van der Waals surface area contributed by atoms with Gasteiger partial charge in [0.15, 0.2) is 0 Å². The average Bonchev–Trinajstić information content (AvgIpc) is 2.30. The van der Waals surface area contributed by atoms with Crippen LogP contribution in [-0.4, -0.2) is 29.9 Å². The summed E-state index contributed by atoms with van der Waals surface area (Å²) in [6, 6.07) is 6.48. The lowest BCUT2D eigenvalue weighted by Gasteiger charge is -2.36. The first kappa shape index (κ1) is 12.8. The molecule has 0 amide bonds. The lowest BCUT2D eigenvalue weighted by Crippen LogP contribution is -2.41. The van der Waals surface area contributed by atoms with Crippen molar-refractivity contribution in [2.75, 3.05) is 23.0 Å². The Bertz CT molecular complexity index is 436. The van der Waals surface area contributed by atoms with Crippen molar-refractivity contribution in [3.63, 3.8) is 0 Å². The molecule has 0 aromatic heterocycles. The summed E-state index contributed by atoms with van der Waals surface area (Å²) >= 11 is 5.41. The van der Waals surface area contributed by atoms with Crippen molar-refractivity contribution >= 4 is 39.2 Å². The fraction of sp³-hybridized carbons (Fsp3) is 0.417. The zero-order valence-corrected chi connectivity index (χ0v) is 12.1. The first-order valence-corrected chi connectivity index (χ1v) is 7.52. The van der Waals surface area contributed by atoms with Gasteiger partial charge in [0.1, 0.15) is 5.84 Å². The summed E-state index contributed by atoms with van der Waals surface area (Å²) in [6.07, 6.45) is 0. The molecule has 1 aliphatic heterocycles. The zero-order valence-electron chi connectivity index (χ0n) is 9.74. The van der Waals surface area contributed by atoms with E-state index >= 15 is 0 Å². The van der Waals surface area contributed by atoms with E-state index in [2.05, 4.69) is 27.8 Å². The lowest BCUT2D eigenvalue weighted by atomic mass is 10.1. The molecule has 3 N–H and O–H groups in total. The molecule has 1 aromatic carbocycles. The van der Waals surface area contributed by atoms with E-state index in [1.807, 2.05) is 30.0 Å². The molecule has 3 nitrogen and oxygen atoms in total. The van der Waals surface area contributed by atoms with Gasteiger partial charge in [-0.1, -0.05) is 15.9 Å². The van der Waals surface area contributed by atoms with E-state index in [9.17, 15) is 0 Å². The Morgan fingerprint density at radius 3 is 3.00 bits per heavy atom. The molecule has 1 aromatic rings. The summed E-state index contributed by atoms with van der Waals surface area (Å²) in [5, 5.41) is 7.68. The summed E-state index contributed by atoms with van der Waals surface area (Å²) in [6.45, 7) is 3.24. The van der Waals surface area contributed by atoms with Gasteiger partial charge in [0, 0.05) is 39.8 Å². The Labute approximate surface area is 114 Å². The van der Waals surface area contributed by atoms with Crippen LogP contribution in [0.25, 0.3) is 0 Å². The minimum absolute atomic E-state index is 0.131. The van der Waals surface area contributed by atoms with Gasteiger partial charge in [-0.05, 0) is 25.1 Å². The minimum Gasteiger partial charge on any atom is -0.384 e. The molecule has 0 aliphatic carbocycles. The smallest absolute Gasteiger partial charge is 0.124 e. The van der Waals surface area contributed by atoms with Crippen LogP contribution >= 0.6 is 27.7 Å². The average molecular weight is 314 g/mol. The molecule has 1 atom stereocenters. The Balaban J connectivity index is 2.39. The highest BCUT2D eigenvalue weighted by Gasteiger charge is 2.21. The molecule has 1 aliphatic rings. The molecule has 5 heteroatoms. The fourth-order valence-corrected chi connectivity index (χ4v) is 3.43. The quantitative estimate of drug-likeness (QED) is 0.652. The lowest BCUT2D eigenvalue weighted by molar-refractivity contribution is 0.699. The second-order valence-electron chi connectivity index (χ2n) is 4.19. The molecule has 17 heavy (non-hydrogen) atoms. The van der Waals surface area contributed by atoms with Gasteiger partial charge in [-0.2, -0.15) is 11.8 Å². The molecule has 0 saturated carbocycles. The number of nitrogens with two attached hydrogens (primary N) is 1. The van der Waals surface area contributed by atoms with Crippen molar-refractivity contribution in [2.45, 2.75) is 13.0 Å². The number of nitrogens with one attached hydrogen (secondary N) is 1. The van der Waals surface area contributed by atoms with E-state index in [1.54, 1.807) is 0 Å². The summed E-state index contributed by atoms with van der Waals surface area (Å²) in [7, 11) is 0. The highest BCUT2D eigenvalue weighted by Crippen LogP contribution is 2.29. The zero-order chi connectivity index (χ0) is 12.4. The number of thioether (sulfide) groups is 1. The fourth-order valence-electron chi connectivity index (χ4n) is 2.06. The van der Waals surface area contributed by atoms with E-state index < -0.39 is 0 Å². The Hall–Kier alpha value is -0.680. The summed E-state index contributed by atoms with van der Waals surface area (Å²) in [4.78, 5) is 2.35. The molecule has 92 valence electrons. The number of hydrogen-bond donors (Lipinski definition) is 2. The highest BCUT2D eigenvalue weighted by molar-refractivity contribution is 9.10. The normalized spacial score (nSPS) is 20.4. The molecule has 0 bridgehead atoms. The topological polar surface area (TPSA) is 53.1 Å². The summed E-state index contributed by atoms with van der Waals surface area (Å²) < 4.78 is 0.963. The largest absolute Gasteiger partial charge is 0.384 e. The minimum atomic E-state index is 0.131. The van der Waals surface area contributed by atoms with Gasteiger partial charge in [-0.15, -0.1) is 0 Å². The monoisotopic (exact) mass is 313 g/mol.